The number of hydrogen-bond acceptors (Lipinski definition) is 4. The monoisotopic (exact) mass is 387 g/mol. The molecule has 3 rings (SSSR count). The van der Waals surface area contributed by atoms with Crippen LogP contribution in [0.1, 0.15) is 27.2 Å². The molecule has 0 aliphatic carbocycles. The molecule has 3 amide bonds. The van der Waals surface area contributed by atoms with E-state index >= 15 is 0 Å². The second-order valence-corrected chi connectivity index (χ2v) is 8.38. The van der Waals surface area contributed by atoms with Crippen molar-refractivity contribution in [3.05, 3.63) is 30.3 Å². The lowest BCUT2D eigenvalue weighted by atomic mass is 10.1. The van der Waals surface area contributed by atoms with E-state index in [1.165, 1.54) is 0 Å². The van der Waals surface area contributed by atoms with E-state index in [4.69, 9.17) is 4.74 Å². The molecule has 0 aromatic heterocycles. The van der Waals surface area contributed by atoms with Crippen LogP contribution >= 0.6 is 0 Å². The van der Waals surface area contributed by atoms with Crippen molar-refractivity contribution >= 4 is 17.7 Å². The van der Waals surface area contributed by atoms with E-state index in [0.29, 0.717) is 38.5 Å². The summed E-state index contributed by atoms with van der Waals surface area (Å²) < 4.78 is 5.52. The van der Waals surface area contributed by atoms with E-state index in [2.05, 4.69) is 0 Å². The maximum atomic E-state index is 12.8. The number of rotatable bonds is 4. The van der Waals surface area contributed by atoms with Crippen molar-refractivity contribution in [2.75, 3.05) is 39.3 Å². The number of carbonyl (C=O) groups is 3. The number of benzene rings is 1. The molecule has 1 unspecified atom stereocenters. The van der Waals surface area contributed by atoms with E-state index in [9.17, 15) is 14.4 Å². The Labute approximate surface area is 166 Å². The third-order valence-corrected chi connectivity index (χ3v) is 5.33. The molecule has 2 fully saturated rings. The molecule has 1 aromatic rings. The number of ether oxygens (including phenoxy) is 1. The van der Waals surface area contributed by atoms with Gasteiger partial charge in [0.25, 0.3) is 5.91 Å². The van der Waals surface area contributed by atoms with Gasteiger partial charge in [-0.3, -0.25) is 14.4 Å². The van der Waals surface area contributed by atoms with Crippen LogP contribution in [-0.4, -0.2) is 77.3 Å². The van der Waals surface area contributed by atoms with Crippen LogP contribution < -0.4 is 4.74 Å². The lowest BCUT2D eigenvalue weighted by Gasteiger charge is -2.36. The highest BCUT2D eigenvalue weighted by molar-refractivity contribution is 5.89. The molecule has 2 heterocycles. The van der Waals surface area contributed by atoms with Gasteiger partial charge in [0.15, 0.2) is 6.61 Å². The molecule has 0 N–H and O–H groups in total. The first kappa shape index (κ1) is 20.2. The Morgan fingerprint density at radius 2 is 1.64 bits per heavy atom. The fourth-order valence-electron chi connectivity index (χ4n) is 3.71. The van der Waals surface area contributed by atoms with E-state index in [1.54, 1.807) is 14.7 Å². The molecule has 7 nitrogen and oxygen atoms in total. The Bertz CT molecular complexity index is 721. The second kappa shape index (κ2) is 8.20. The number of nitrogens with zero attached hydrogens (tertiary/aromatic N) is 3. The van der Waals surface area contributed by atoms with Gasteiger partial charge in [0.05, 0.1) is 5.92 Å². The summed E-state index contributed by atoms with van der Waals surface area (Å²) in [6, 6.07) is 9.24. The Kier molecular flexibility index (Phi) is 5.91. The third kappa shape index (κ3) is 4.64. The number of hydrogen-bond donors (Lipinski definition) is 0. The molecular formula is C21H29N3O4. The zero-order valence-electron chi connectivity index (χ0n) is 16.9. The van der Waals surface area contributed by atoms with Gasteiger partial charge in [0, 0.05) is 44.7 Å². The molecule has 2 aliphatic rings. The minimum absolute atomic E-state index is 0.00434. The largest absolute Gasteiger partial charge is 0.484 e. The molecule has 7 heteroatoms. The summed E-state index contributed by atoms with van der Waals surface area (Å²) in [6.45, 7) is 8.41. The summed E-state index contributed by atoms with van der Waals surface area (Å²) in [5.41, 5.74) is -0.268. The normalized spacial score (nSPS) is 20.5. The molecule has 2 aliphatic heterocycles. The zero-order valence-corrected chi connectivity index (χ0v) is 16.9. The molecule has 0 saturated carbocycles. The summed E-state index contributed by atoms with van der Waals surface area (Å²) >= 11 is 0. The van der Waals surface area contributed by atoms with Crippen molar-refractivity contribution < 1.29 is 19.1 Å². The van der Waals surface area contributed by atoms with Crippen molar-refractivity contribution in [3.8, 4) is 5.75 Å². The topological polar surface area (TPSA) is 70.2 Å². The summed E-state index contributed by atoms with van der Waals surface area (Å²) in [6.07, 6.45) is 0.278. The molecule has 0 spiro atoms. The van der Waals surface area contributed by atoms with Gasteiger partial charge in [0.1, 0.15) is 5.75 Å². The first-order valence-electron chi connectivity index (χ1n) is 9.80. The highest BCUT2D eigenvalue weighted by atomic mass is 16.5. The van der Waals surface area contributed by atoms with E-state index in [0.717, 1.165) is 0 Å². The summed E-state index contributed by atoms with van der Waals surface area (Å²) in [5.74, 6) is 0.366. The van der Waals surface area contributed by atoms with Gasteiger partial charge in [-0.05, 0) is 32.9 Å². The maximum Gasteiger partial charge on any atom is 0.260 e. The van der Waals surface area contributed by atoms with Gasteiger partial charge in [0.2, 0.25) is 11.8 Å². The van der Waals surface area contributed by atoms with Crippen LogP contribution in [0.5, 0.6) is 5.75 Å². The van der Waals surface area contributed by atoms with Crippen LogP contribution in [0.4, 0.5) is 0 Å². The van der Waals surface area contributed by atoms with Gasteiger partial charge < -0.3 is 19.4 Å². The van der Waals surface area contributed by atoms with Gasteiger partial charge in [-0.15, -0.1) is 0 Å². The molecule has 0 bridgehead atoms. The van der Waals surface area contributed by atoms with Gasteiger partial charge >= 0.3 is 0 Å². The second-order valence-electron chi connectivity index (χ2n) is 8.38. The maximum absolute atomic E-state index is 12.8. The van der Waals surface area contributed by atoms with Gasteiger partial charge in [-0.1, -0.05) is 18.2 Å². The average Bonchev–Trinajstić information content (AvgIpc) is 3.08. The molecular weight excluding hydrogens is 358 g/mol. The minimum Gasteiger partial charge on any atom is -0.484 e. The highest BCUT2D eigenvalue weighted by Gasteiger charge is 2.41. The predicted molar refractivity (Wildman–Crippen MR) is 105 cm³/mol. The van der Waals surface area contributed by atoms with Crippen LogP contribution in [0.3, 0.4) is 0 Å². The SMILES string of the molecule is CC(C)(C)N1CC(C(=O)N2CCN(C(=O)COc3ccccc3)CC2)CC1=O. The number of piperazine rings is 1. The molecule has 1 aromatic carbocycles. The minimum atomic E-state index is -0.282. The van der Waals surface area contributed by atoms with Gasteiger partial charge in [-0.25, -0.2) is 0 Å². The zero-order chi connectivity index (χ0) is 20.3. The van der Waals surface area contributed by atoms with Gasteiger partial charge in [-0.2, -0.15) is 0 Å². The Hall–Kier alpha value is -2.57. The first-order chi connectivity index (χ1) is 13.3. The molecule has 1 atom stereocenters. The lowest BCUT2D eigenvalue weighted by Crippen LogP contribution is -2.53. The smallest absolute Gasteiger partial charge is 0.260 e. The van der Waals surface area contributed by atoms with Crippen molar-refractivity contribution in [2.45, 2.75) is 32.7 Å². The van der Waals surface area contributed by atoms with Crippen LogP contribution in [0.2, 0.25) is 0 Å². The van der Waals surface area contributed by atoms with E-state index in [-0.39, 0.29) is 42.2 Å². The fourth-order valence-corrected chi connectivity index (χ4v) is 3.71. The summed E-state index contributed by atoms with van der Waals surface area (Å²) in [5, 5.41) is 0. The predicted octanol–water partition coefficient (Wildman–Crippen LogP) is 1.38. The summed E-state index contributed by atoms with van der Waals surface area (Å²) in [4.78, 5) is 42.7. The van der Waals surface area contributed by atoms with Crippen LogP contribution in [-0.2, 0) is 14.4 Å². The van der Waals surface area contributed by atoms with Crippen LogP contribution in [0, 0.1) is 5.92 Å². The van der Waals surface area contributed by atoms with Crippen molar-refractivity contribution in [2.24, 2.45) is 5.92 Å². The van der Waals surface area contributed by atoms with E-state index < -0.39 is 0 Å². The Balaban J connectivity index is 1.46. The fraction of sp³-hybridized carbons (Fsp3) is 0.571. The van der Waals surface area contributed by atoms with Crippen molar-refractivity contribution in [3.63, 3.8) is 0 Å². The quantitative estimate of drug-likeness (QED) is 0.783. The van der Waals surface area contributed by atoms with Crippen molar-refractivity contribution in [1.29, 1.82) is 0 Å². The highest BCUT2D eigenvalue weighted by Crippen LogP contribution is 2.27. The third-order valence-electron chi connectivity index (χ3n) is 5.33. The molecule has 2 saturated heterocycles. The standard InChI is InChI=1S/C21H29N3O4/c1-21(2,3)24-14-16(13-18(24)25)20(27)23-11-9-22(10-12-23)19(26)15-28-17-7-5-4-6-8-17/h4-8,16H,9-15H2,1-3H3. The Morgan fingerprint density at radius 3 is 2.21 bits per heavy atom. The Morgan fingerprint density at radius 1 is 1.04 bits per heavy atom. The molecule has 0 radical (unpaired) electrons. The average molecular weight is 387 g/mol. The summed E-state index contributed by atoms with van der Waals surface area (Å²) in [7, 11) is 0. The lowest BCUT2D eigenvalue weighted by molar-refractivity contribution is -0.142. The number of carbonyl (C=O) groups excluding carboxylic acids is 3. The first-order valence-corrected chi connectivity index (χ1v) is 9.80. The molecule has 152 valence electrons. The van der Waals surface area contributed by atoms with Crippen molar-refractivity contribution in [1.82, 2.24) is 14.7 Å². The molecule has 28 heavy (non-hydrogen) atoms. The number of likely N-dealkylation sites (tertiary alicyclic amines) is 1. The van der Waals surface area contributed by atoms with Crippen LogP contribution in [0.15, 0.2) is 30.3 Å². The van der Waals surface area contributed by atoms with Crippen LogP contribution in [0.25, 0.3) is 0 Å². The number of para-hydroxylation sites is 1. The number of amides is 3. The van der Waals surface area contributed by atoms with E-state index in [1.807, 2.05) is 51.1 Å².